The summed E-state index contributed by atoms with van der Waals surface area (Å²) < 4.78 is 12.9. The monoisotopic (exact) mass is 558 g/mol. The number of ether oxygens (including phenoxy) is 2. The van der Waals surface area contributed by atoms with Gasteiger partial charge in [0, 0.05) is 16.8 Å². The molecule has 0 radical (unpaired) electrons. The molecular formula is C34H30N4O4. The van der Waals surface area contributed by atoms with Crippen LogP contribution in [0.5, 0.6) is 11.5 Å². The smallest absolute Gasteiger partial charge is 0.282 e. The van der Waals surface area contributed by atoms with Crippen LogP contribution in [0.2, 0.25) is 0 Å². The number of nitrogens with zero attached hydrogens (tertiary/aromatic N) is 3. The highest BCUT2D eigenvalue weighted by atomic mass is 16.5. The number of rotatable bonds is 10. The molecule has 1 amide bonds. The van der Waals surface area contributed by atoms with E-state index in [0.29, 0.717) is 40.2 Å². The van der Waals surface area contributed by atoms with Gasteiger partial charge in [-0.05, 0) is 54.8 Å². The molecule has 0 spiro atoms. The van der Waals surface area contributed by atoms with Crippen molar-refractivity contribution in [2.24, 2.45) is 5.10 Å². The molecule has 5 aromatic rings. The molecule has 0 fully saturated rings. The number of para-hydroxylation sites is 2. The number of hydrogen-bond acceptors (Lipinski definition) is 6. The Bertz CT molecular complexity index is 1840. The topological polar surface area (TPSA) is 94.8 Å². The van der Waals surface area contributed by atoms with Gasteiger partial charge in [0.15, 0.2) is 23.9 Å². The third-order valence-corrected chi connectivity index (χ3v) is 6.61. The van der Waals surface area contributed by atoms with Crippen LogP contribution in [0.15, 0.2) is 114 Å². The molecule has 1 aromatic heterocycles. The minimum Gasteiger partial charge on any atom is -0.493 e. The van der Waals surface area contributed by atoms with E-state index in [2.05, 4.69) is 17.0 Å². The van der Waals surface area contributed by atoms with Gasteiger partial charge in [0.25, 0.3) is 11.5 Å². The Morgan fingerprint density at radius 3 is 2.52 bits per heavy atom. The van der Waals surface area contributed by atoms with E-state index >= 15 is 0 Å². The lowest BCUT2D eigenvalue weighted by molar-refractivity contribution is -0.118. The molecule has 5 rings (SSSR count). The minimum absolute atomic E-state index is 0.207. The number of fused-ring (bicyclic) bond motifs is 1. The van der Waals surface area contributed by atoms with E-state index in [1.807, 2.05) is 79.7 Å². The Balaban J connectivity index is 1.48. The van der Waals surface area contributed by atoms with Gasteiger partial charge in [0.2, 0.25) is 0 Å². The zero-order chi connectivity index (χ0) is 29.5. The summed E-state index contributed by atoms with van der Waals surface area (Å²) in [6.45, 7) is 5.58. The number of nitrogens with one attached hydrogen (secondary N) is 1. The lowest BCUT2D eigenvalue weighted by Crippen LogP contribution is -2.21. The summed E-state index contributed by atoms with van der Waals surface area (Å²) >= 11 is 0. The quantitative estimate of drug-likeness (QED) is 0.167. The van der Waals surface area contributed by atoms with Crippen molar-refractivity contribution >= 4 is 28.7 Å². The van der Waals surface area contributed by atoms with Crippen LogP contribution in [0.4, 0.5) is 5.69 Å². The van der Waals surface area contributed by atoms with Crippen molar-refractivity contribution in [2.75, 3.05) is 19.0 Å². The summed E-state index contributed by atoms with van der Waals surface area (Å²) in [7, 11) is 1.53. The van der Waals surface area contributed by atoms with Crippen LogP contribution in [0.3, 0.4) is 0 Å². The van der Waals surface area contributed by atoms with Crippen molar-refractivity contribution in [1.82, 2.24) is 9.66 Å². The fourth-order valence-electron chi connectivity index (χ4n) is 4.55. The van der Waals surface area contributed by atoms with Crippen LogP contribution in [0, 0.1) is 6.92 Å². The first-order valence-electron chi connectivity index (χ1n) is 13.4. The maximum Gasteiger partial charge on any atom is 0.282 e. The average Bonchev–Trinajstić information content (AvgIpc) is 3.01. The first-order valence-corrected chi connectivity index (χ1v) is 13.4. The van der Waals surface area contributed by atoms with Gasteiger partial charge in [-0.3, -0.25) is 9.59 Å². The van der Waals surface area contributed by atoms with Gasteiger partial charge in [0.1, 0.15) is 0 Å². The molecule has 8 heteroatoms. The van der Waals surface area contributed by atoms with E-state index < -0.39 is 0 Å². The largest absolute Gasteiger partial charge is 0.493 e. The molecule has 0 aliphatic rings. The zero-order valence-electron chi connectivity index (χ0n) is 23.4. The Hall–Kier alpha value is -5.50. The summed E-state index contributed by atoms with van der Waals surface area (Å²) in [5, 5.41) is 7.90. The number of carbonyl (C=O) groups is 1. The minimum atomic E-state index is -0.293. The van der Waals surface area contributed by atoms with Gasteiger partial charge in [-0.1, -0.05) is 66.7 Å². The second-order valence-corrected chi connectivity index (χ2v) is 9.54. The van der Waals surface area contributed by atoms with Crippen LogP contribution in [-0.4, -0.2) is 35.5 Å². The second kappa shape index (κ2) is 12.8. The SMILES string of the molecule is C=CCc1cc(C=Nn2c(-c3ccccc3)nc3ccccc3c2=O)cc(OC)c1OCC(=O)Nc1ccccc1C. The molecule has 8 nitrogen and oxygen atoms in total. The van der Waals surface area contributed by atoms with Crippen molar-refractivity contribution in [3.63, 3.8) is 0 Å². The van der Waals surface area contributed by atoms with Crippen LogP contribution >= 0.6 is 0 Å². The first kappa shape index (κ1) is 28.0. The van der Waals surface area contributed by atoms with Gasteiger partial charge in [-0.2, -0.15) is 9.78 Å². The van der Waals surface area contributed by atoms with Gasteiger partial charge >= 0.3 is 0 Å². The second-order valence-electron chi connectivity index (χ2n) is 9.54. The predicted molar refractivity (Wildman–Crippen MR) is 167 cm³/mol. The fraction of sp³-hybridized carbons (Fsp3) is 0.118. The molecule has 0 aliphatic carbocycles. The standard InChI is InChI=1S/C34H30N4O4/c1-4-12-26-19-24(20-30(41-3)32(26)42-22-31(39)36-28-17-10-8-13-23(28)2)21-35-38-33(25-14-6-5-7-15-25)37-29-18-11-9-16-27(29)34(38)40/h4-11,13-21H,1,12,22H2,2-3H3,(H,36,39). The highest BCUT2D eigenvalue weighted by Crippen LogP contribution is 2.33. The van der Waals surface area contributed by atoms with Crippen molar-refractivity contribution in [1.29, 1.82) is 0 Å². The van der Waals surface area contributed by atoms with Crippen LogP contribution in [0.25, 0.3) is 22.3 Å². The van der Waals surface area contributed by atoms with Crippen LogP contribution in [0.1, 0.15) is 16.7 Å². The summed E-state index contributed by atoms with van der Waals surface area (Å²) in [6.07, 6.45) is 3.77. The summed E-state index contributed by atoms with van der Waals surface area (Å²) in [6, 6.07) is 27.8. The summed E-state index contributed by atoms with van der Waals surface area (Å²) in [5.74, 6) is 0.988. The van der Waals surface area contributed by atoms with Gasteiger partial charge in [0.05, 0.1) is 24.2 Å². The third kappa shape index (κ3) is 6.13. The zero-order valence-corrected chi connectivity index (χ0v) is 23.4. The Kier molecular flexibility index (Phi) is 8.53. The normalized spacial score (nSPS) is 11.0. The first-order chi connectivity index (χ1) is 20.5. The van der Waals surface area contributed by atoms with Crippen molar-refractivity contribution < 1.29 is 14.3 Å². The number of aromatic nitrogens is 2. The molecule has 0 saturated heterocycles. The summed E-state index contributed by atoms with van der Waals surface area (Å²) in [5.41, 5.74) is 4.17. The maximum absolute atomic E-state index is 13.5. The third-order valence-electron chi connectivity index (χ3n) is 6.61. The Labute approximate surface area is 243 Å². The number of carbonyl (C=O) groups excluding carboxylic acids is 1. The van der Waals surface area contributed by atoms with E-state index in [1.165, 1.54) is 11.8 Å². The molecule has 0 bridgehead atoms. The highest BCUT2D eigenvalue weighted by Gasteiger charge is 2.16. The van der Waals surface area contributed by atoms with E-state index in [4.69, 9.17) is 14.5 Å². The van der Waals surface area contributed by atoms with Crippen LogP contribution < -0.4 is 20.3 Å². The lowest BCUT2D eigenvalue weighted by Gasteiger charge is -2.16. The maximum atomic E-state index is 13.5. The number of aryl methyl sites for hydroxylation is 1. The molecular weight excluding hydrogens is 528 g/mol. The number of methoxy groups -OCH3 is 1. The van der Waals surface area contributed by atoms with Gasteiger partial charge in [-0.25, -0.2) is 4.98 Å². The Morgan fingerprint density at radius 1 is 1.02 bits per heavy atom. The van der Waals surface area contributed by atoms with Gasteiger partial charge in [-0.15, -0.1) is 6.58 Å². The lowest BCUT2D eigenvalue weighted by atomic mass is 10.1. The molecule has 210 valence electrons. The van der Waals surface area contributed by atoms with E-state index in [-0.39, 0.29) is 18.1 Å². The number of hydrogen-bond donors (Lipinski definition) is 1. The molecule has 0 saturated carbocycles. The number of anilines is 1. The number of allylic oxidation sites excluding steroid dienone is 1. The molecule has 1 heterocycles. The molecule has 4 aromatic carbocycles. The van der Waals surface area contributed by atoms with Crippen molar-refractivity contribution in [3.05, 3.63) is 131 Å². The Morgan fingerprint density at radius 2 is 1.76 bits per heavy atom. The molecule has 0 aliphatic heterocycles. The fourth-order valence-corrected chi connectivity index (χ4v) is 4.55. The van der Waals surface area contributed by atoms with E-state index in [1.54, 1.807) is 30.5 Å². The molecule has 42 heavy (non-hydrogen) atoms. The molecule has 1 N–H and O–H groups in total. The van der Waals surface area contributed by atoms with Crippen LogP contribution in [-0.2, 0) is 11.2 Å². The average molecular weight is 559 g/mol. The van der Waals surface area contributed by atoms with Gasteiger partial charge < -0.3 is 14.8 Å². The van der Waals surface area contributed by atoms with E-state index in [0.717, 1.165) is 22.4 Å². The van der Waals surface area contributed by atoms with E-state index in [9.17, 15) is 9.59 Å². The molecule has 0 atom stereocenters. The highest BCUT2D eigenvalue weighted by molar-refractivity contribution is 5.92. The van der Waals surface area contributed by atoms with Crippen molar-refractivity contribution in [2.45, 2.75) is 13.3 Å². The number of amides is 1. The predicted octanol–water partition coefficient (Wildman–Crippen LogP) is 6.01. The van der Waals surface area contributed by atoms with Crippen molar-refractivity contribution in [3.8, 4) is 22.9 Å². The number of benzene rings is 4. The summed E-state index contributed by atoms with van der Waals surface area (Å²) in [4.78, 5) is 30.9. The molecule has 0 unspecified atom stereocenters.